The second kappa shape index (κ2) is 8.62. The van der Waals surface area contributed by atoms with Crippen LogP contribution in [0.4, 0.5) is 11.4 Å². The third-order valence-corrected chi connectivity index (χ3v) is 6.24. The van der Waals surface area contributed by atoms with Crippen LogP contribution < -0.4 is 10.1 Å². The molecule has 0 aromatic heterocycles. The summed E-state index contributed by atoms with van der Waals surface area (Å²) in [5.74, 6) is 0.182. The summed E-state index contributed by atoms with van der Waals surface area (Å²) in [7, 11) is 0. The molecule has 2 N–H and O–H groups in total. The van der Waals surface area contributed by atoms with Crippen LogP contribution in [0.2, 0.25) is 0 Å². The van der Waals surface area contributed by atoms with Crippen LogP contribution in [-0.2, 0) is 0 Å². The summed E-state index contributed by atoms with van der Waals surface area (Å²) < 4.78 is 5.77. The van der Waals surface area contributed by atoms with Gasteiger partial charge in [-0.3, -0.25) is 0 Å². The number of fused-ring (bicyclic) bond motifs is 2. The number of aromatic carboxylic acids is 1. The molecule has 4 rings (SSSR count). The number of nitrogens with one attached hydrogen (secondary N) is 1. The quantitative estimate of drug-likeness (QED) is 0.341. The average Bonchev–Trinajstić information content (AvgIpc) is 2.75. The minimum atomic E-state index is -0.925. The molecule has 29 heavy (non-hydrogen) atoms. The van der Waals surface area contributed by atoms with Crippen molar-refractivity contribution >= 4 is 29.1 Å². The van der Waals surface area contributed by atoms with Crippen LogP contribution in [0, 0.1) is 0 Å². The fourth-order valence-electron chi connectivity index (χ4n) is 3.52. The van der Waals surface area contributed by atoms with Crippen LogP contribution >= 0.6 is 11.8 Å². The van der Waals surface area contributed by atoms with Crippen molar-refractivity contribution in [2.24, 2.45) is 0 Å². The second-order valence-corrected chi connectivity index (χ2v) is 8.25. The molecule has 0 bridgehead atoms. The number of carboxylic acids is 1. The molecule has 148 valence electrons. The molecule has 0 amide bonds. The monoisotopic (exact) mass is 405 g/mol. The Kier molecular flexibility index (Phi) is 5.76. The number of carboxylic acid groups (broad SMARTS) is 1. The van der Waals surface area contributed by atoms with Gasteiger partial charge in [-0.2, -0.15) is 0 Å². The topological polar surface area (TPSA) is 58.6 Å². The molecule has 1 aliphatic heterocycles. The van der Waals surface area contributed by atoms with Crippen LogP contribution in [-0.4, -0.2) is 17.7 Å². The zero-order chi connectivity index (χ0) is 20.2. The Morgan fingerprint density at radius 1 is 1.03 bits per heavy atom. The first kappa shape index (κ1) is 19.4. The largest absolute Gasteiger partial charge is 0.494 e. The first-order chi connectivity index (χ1) is 14.1. The molecule has 3 aromatic carbocycles. The van der Waals surface area contributed by atoms with Gasteiger partial charge in [-0.25, -0.2) is 4.79 Å². The number of benzene rings is 3. The van der Waals surface area contributed by atoms with Gasteiger partial charge in [0.15, 0.2) is 0 Å². The maximum absolute atomic E-state index is 10.9. The Labute approximate surface area is 174 Å². The minimum Gasteiger partial charge on any atom is -0.494 e. The highest BCUT2D eigenvalue weighted by Crippen LogP contribution is 2.47. The normalized spacial score (nSPS) is 13.0. The third kappa shape index (κ3) is 4.40. The molecule has 1 heterocycles. The maximum Gasteiger partial charge on any atom is 0.335 e. The van der Waals surface area contributed by atoms with Crippen LogP contribution in [0.3, 0.4) is 0 Å². The number of carbonyl (C=O) groups is 1. The highest BCUT2D eigenvalue weighted by Gasteiger charge is 2.20. The minimum absolute atomic E-state index is 0.270. The summed E-state index contributed by atoms with van der Waals surface area (Å²) >= 11 is 1.81. The number of ether oxygens (including phenoxy) is 1. The Balaban J connectivity index is 1.35. The molecular formula is C24H23NO3S. The fraction of sp³-hybridized carbons (Fsp3) is 0.208. The van der Waals surface area contributed by atoms with Crippen molar-refractivity contribution < 1.29 is 14.6 Å². The highest BCUT2D eigenvalue weighted by atomic mass is 32.2. The lowest BCUT2D eigenvalue weighted by Crippen LogP contribution is -2.07. The zero-order valence-electron chi connectivity index (χ0n) is 16.2. The predicted octanol–water partition coefficient (Wildman–Crippen LogP) is 6.56. The summed E-state index contributed by atoms with van der Waals surface area (Å²) in [6.07, 6.45) is 1.94. The van der Waals surface area contributed by atoms with E-state index in [4.69, 9.17) is 9.84 Å². The van der Waals surface area contributed by atoms with E-state index < -0.39 is 5.97 Å². The Morgan fingerprint density at radius 2 is 1.79 bits per heavy atom. The van der Waals surface area contributed by atoms with Gasteiger partial charge in [0.2, 0.25) is 0 Å². The number of rotatable bonds is 7. The molecule has 0 radical (unpaired) electrons. The van der Waals surface area contributed by atoms with Crippen molar-refractivity contribution in [3.8, 4) is 5.75 Å². The van der Waals surface area contributed by atoms with E-state index in [1.165, 1.54) is 21.0 Å². The third-order valence-electron chi connectivity index (χ3n) is 5.11. The molecule has 0 aliphatic carbocycles. The van der Waals surface area contributed by atoms with Crippen molar-refractivity contribution in [2.75, 3.05) is 11.9 Å². The van der Waals surface area contributed by atoms with E-state index in [1.54, 1.807) is 24.3 Å². The molecular weight excluding hydrogens is 382 g/mol. The van der Waals surface area contributed by atoms with Gasteiger partial charge in [0.1, 0.15) is 5.75 Å². The van der Waals surface area contributed by atoms with Gasteiger partial charge in [-0.1, -0.05) is 43.0 Å². The Morgan fingerprint density at radius 3 is 2.59 bits per heavy atom. The van der Waals surface area contributed by atoms with Crippen molar-refractivity contribution in [3.63, 3.8) is 0 Å². The van der Waals surface area contributed by atoms with Gasteiger partial charge in [0, 0.05) is 9.79 Å². The van der Waals surface area contributed by atoms with E-state index in [0.29, 0.717) is 18.3 Å². The van der Waals surface area contributed by atoms with Gasteiger partial charge in [0.25, 0.3) is 0 Å². The number of anilines is 2. The summed E-state index contributed by atoms with van der Waals surface area (Å²) in [4.78, 5) is 13.4. The molecule has 1 unspecified atom stereocenters. The predicted molar refractivity (Wildman–Crippen MR) is 117 cm³/mol. The lowest BCUT2D eigenvalue weighted by atomic mass is 9.94. The molecule has 0 saturated heterocycles. The Hall–Kier alpha value is -2.92. The molecule has 0 fully saturated rings. The van der Waals surface area contributed by atoms with Crippen LogP contribution in [0.25, 0.3) is 0 Å². The maximum atomic E-state index is 10.9. The smallest absolute Gasteiger partial charge is 0.335 e. The van der Waals surface area contributed by atoms with Crippen molar-refractivity contribution in [1.29, 1.82) is 0 Å². The number of hydrogen-bond acceptors (Lipinski definition) is 4. The van der Waals surface area contributed by atoms with E-state index >= 15 is 0 Å². The van der Waals surface area contributed by atoms with Gasteiger partial charge >= 0.3 is 5.97 Å². The standard InChI is InChI=1S/C24H23NO3S/c1-16(6-5-15-28-18-13-11-17(12-14-18)24(26)27)19-7-4-10-22-23(19)25-20-8-2-3-9-21(20)29-22/h2-4,7-14,16,25H,5-6,15H2,1H3,(H,26,27). The van der Waals surface area contributed by atoms with E-state index in [1.807, 2.05) is 11.8 Å². The molecule has 4 nitrogen and oxygen atoms in total. The van der Waals surface area contributed by atoms with Crippen LogP contribution in [0.1, 0.15) is 41.6 Å². The first-order valence-electron chi connectivity index (χ1n) is 9.75. The van der Waals surface area contributed by atoms with Gasteiger partial charge in [-0.05, 0) is 66.8 Å². The molecule has 3 aromatic rings. The van der Waals surface area contributed by atoms with Crippen molar-refractivity contribution in [3.05, 3.63) is 77.9 Å². The van der Waals surface area contributed by atoms with Crippen LogP contribution in [0.15, 0.2) is 76.5 Å². The summed E-state index contributed by atoms with van der Waals surface area (Å²) in [5.41, 5.74) is 3.98. The lowest BCUT2D eigenvalue weighted by molar-refractivity contribution is 0.0697. The zero-order valence-corrected chi connectivity index (χ0v) is 17.0. The van der Waals surface area contributed by atoms with E-state index in [2.05, 4.69) is 54.7 Å². The van der Waals surface area contributed by atoms with E-state index in [9.17, 15) is 4.79 Å². The van der Waals surface area contributed by atoms with Gasteiger partial charge in [-0.15, -0.1) is 0 Å². The average molecular weight is 406 g/mol. The van der Waals surface area contributed by atoms with E-state index in [-0.39, 0.29) is 5.56 Å². The summed E-state index contributed by atoms with van der Waals surface area (Å²) in [6, 6.07) is 21.5. The number of hydrogen-bond donors (Lipinski definition) is 2. The summed E-state index contributed by atoms with van der Waals surface area (Å²) in [5, 5.41) is 12.6. The Bertz CT molecular complexity index is 1020. The molecule has 1 aliphatic rings. The van der Waals surface area contributed by atoms with Crippen molar-refractivity contribution in [2.45, 2.75) is 35.5 Å². The molecule has 5 heteroatoms. The first-order valence-corrected chi connectivity index (χ1v) is 10.6. The second-order valence-electron chi connectivity index (χ2n) is 7.16. The number of para-hydroxylation sites is 2. The highest BCUT2D eigenvalue weighted by molar-refractivity contribution is 7.99. The van der Waals surface area contributed by atoms with E-state index in [0.717, 1.165) is 18.5 Å². The van der Waals surface area contributed by atoms with Crippen LogP contribution in [0.5, 0.6) is 5.75 Å². The molecule has 0 saturated carbocycles. The van der Waals surface area contributed by atoms with Gasteiger partial charge in [0.05, 0.1) is 23.5 Å². The lowest BCUT2D eigenvalue weighted by Gasteiger charge is -2.25. The summed E-state index contributed by atoms with van der Waals surface area (Å²) in [6.45, 7) is 2.86. The molecule has 0 spiro atoms. The van der Waals surface area contributed by atoms with Crippen molar-refractivity contribution in [1.82, 2.24) is 0 Å². The fourth-order valence-corrected chi connectivity index (χ4v) is 4.55. The van der Waals surface area contributed by atoms with Gasteiger partial charge < -0.3 is 15.2 Å². The SMILES string of the molecule is CC(CCCOc1ccc(C(=O)O)cc1)c1cccc2c1Nc1ccccc1S2. The molecule has 1 atom stereocenters.